The van der Waals surface area contributed by atoms with Crippen molar-refractivity contribution in [3.05, 3.63) is 53.1 Å². The summed E-state index contributed by atoms with van der Waals surface area (Å²) in [5.74, 6) is 1.66. The third-order valence-corrected chi connectivity index (χ3v) is 5.36. The number of carboxylic acid groups (broad SMARTS) is 1. The minimum Gasteiger partial charge on any atom is -0.478 e. The van der Waals surface area contributed by atoms with E-state index >= 15 is 0 Å². The van der Waals surface area contributed by atoms with Gasteiger partial charge in [-0.05, 0) is 72.7 Å². The molecule has 0 saturated heterocycles. The summed E-state index contributed by atoms with van der Waals surface area (Å²) >= 11 is 0. The molecule has 1 N–H and O–H groups in total. The number of carbonyl (C=O) groups is 1. The molecular weight excluding hydrogens is 322 g/mol. The number of carboxylic acids is 1. The quantitative estimate of drug-likeness (QED) is 0.801. The van der Waals surface area contributed by atoms with Crippen LogP contribution in [-0.2, 0) is 5.41 Å². The van der Waals surface area contributed by atoms with Gasteiger partial charge in [0.1, 0.15) is 0 Å². The van der Waals surface area contributed by atoms with Crippen molar-refractivity contribution < 1.29 is 9.90 Å². The molecule has 0 unspecified atom stereocenters. The van der Waals surface area contributed by atoms with Crippen LogP contribution in [0.15, 0.2) is 36.4 Å². The third kappa shape index (κ3) is 3.08. The number of anilines is 1. The van der Waals surface area contributed by atoms with Gasteiger partial charge in [-0.25, -0.2) is 4.79 Å². The Balaban J connectivity index is 2.21. The molecule has 0 spiro atoms. The highest BCUT2D eigenvalue weighted by molar-refractivity contribution is 5.96. The molecule has 0 saturated carbocycles. The van der Waals surface area contributed by atoms with E-state index in [4.69, 9.17) is 6.42 Å². The van der Waals surface area contributed by atoms with Crippen LogP contribution in [0.5, 0.6) is 0 Å². The van der Waals surface area contributed by atoms with Gasteiger partial charge in [-0.2, -0.15) is 0 Å². The number of hydrogen-bond acceptors (Lipinski definition) is 2. The largest absolute Gasteiger partial charge is 0.478 e. The van der Waals surface area contributed by atoms with Crippen molar-refractivity contribution in [1.82, 2.24) is 0 Å². The Kier molecular flexibility index (Phi) is 4.54. The average Bonchev–Trinajstić information content (AvgIpc) is 2.60. The molecule has 0 bridgehead atoms. The molecule has 0 radical (unpaired) electrons. The summed E-state index contributed by atoms with van der Waals surface area (Å²) in [6.07, 6.45) is 6.59. The van der Waals surface area contributed by atoms with Crippen LogP contribution in [0.3, 0.4) is 0 Å². The first-order valence-corrected chi connectivity index (χ1v) is 9.00. The molecule has 0 aliphatic carbocycles. The number of nitrogens with zero attached hydrogens (tertiary/aromatic N) is 1. The standard InChI is InChI=1S/C23H25NO2/c1-6-16-7-9-18(22(25)26)19(13-16)17-8-10-21-20(14-17)23(4,5)11-12-24(21)15(2)3/h1,7-10,13-15H,11-12H2,2-5H3,(H,25,26). The third-order valence-electron chi connectivity index (χ3n) is 5.36. The molecule has 1 aliphatic rings. The summed E-state index contributed by atoms with van der Waals surface area (Å²) in [4.78, 5) is 14.1. The Bertz CT molecular complexity index is 903. The Morgan fingerprint density at radius 2 is 1.96 bits per heavy atom. The van der Waals surface area contributed by atoms with Crippen molar-refractivity contribution >= 4 is 11.7 Å². The maximum Gasteiger partial charge on any atom is 0.336 e. The predicted octanol–water partition coefficient (Wildman–Crippen LogP) is 4.93. The molecule has 0 amide bonds. The lowest BCUT2D eigenvalue weighted by atomic mass is 9.76. The van der Waals surface area contributed by atoms with Crippen LogP contribution in [0.4, 0.5) is 5.69 Å². The highest BCUT2D eigenvalue weighted by Gasteiger charge is 2.32. The van der Waals surface area contributed by atoms with E-state index in [1.54, 1.807) is 18.2 Å². The molecule has 1 aliphatic heterocycles. The van der Waals surface area contributed by atoms with Crippen LogP contribution >= 0.6 is 0 Å². The highest BCUT2D eigenvalue weighted by Crippen LogP contribution is 2.42. The van der Waals surface area contributed by atoms with Crippen LogP contribution in [-0.4, -0.2) is 23.7 Å². The zero-order valence-corrected chi connectivity index (χ0v) is 15.8. The van der Waals surface area contributed by atoms with E-state index in [0.717, 1.165) is 18.5 Å². The van der Waals surface area contributed by atoms with Crippen molar-refractivity contribution in [2.75, 3.05) is 11.4 Å². The predicted molar refractivity (Wildman–Crippen MR) is 107 cm³/mol. The van der Waals surface area contributed by atoms with Gasteiger partial charge in [-0.1, -0.05) is 25.8 Å². The zero-order valence-electron chi connectivity index (χ0n) is 15.8. The molecular formula is C23H25NO2. The van der Waals surface area contributed by atoms with Gasteiger partial charge in [-0.15, -0.1) is 6.42 Å². The van der Waals surface area contributed by atoms with Crippen LogP contribution in [0, 0.1) is 12.3 Å². The Morgan fingerprint density at radius 1 is 1.23 bits per heavy atom. The minimum absolute atomic E-state index is 0.0455. The molecule has 26 heavy (non-hydrogen) atoms. The molecule has 134 valence electrons. The second-order valence-corrected chi connectivity index (χ2v) is 7.86. The lowest BCUT2D eigenvalue weighted by Gasteiger charge is -2.42. The number of hydrogen-bond donors (Lipinski definition) is 1. The fraction of sp³-hybridized carbons (Fsp3) is 0.348. The molecule has 1 heterocycles. The summed E-state index contributed by atoms with van der Waals surface area (Å²) in [7, 11) is 0. The first kappa shape index (κ1) is 18.1. The van der Waals surface area contributed by atoms with Gasteiger partial charge >= 0.3 is 5.97 Å². The fourth-order valence-electron chi connectivity index (χ4n) is 3.75. The molecule has 0 aromatic heterocycles. The number of benzene rings is 2. The molecule has 3 heteroatoms. The van der Waals surface area contributed by atoms with E-state index in [1.807, 2.05) is 6.07 Å². The van der Waals surface area contributed by atoms with Crippen molar-refractivity contribution in [3.8, 4) is 23.5 Å². The highest BCUT2D eigenvalue weighted by atomic mass is 16.4. The minimum atomic E-state index is -0.940. The molecule has 0 fully saturated rings. The fourth-order valence-corrected chi connectivity index (χ4v) is 3.75. The average molecular weight is 347 g/mol. The topological polar surface area (TPSA) is 40.5 Å². The zero-order chi connectivity index (χ0) is 19.1. The van der Waals surface area contributed by atoms with Crippen molar-refractivity contribution in [2.45, 2.75) is 45.6 Å². The van der Waals surface area contributed by atoms with Gasteiger partial charge in [0.2, 0.25) is 0 Å². The Hall–Kier alpha value is -2.73. The lowest BCUT2D eigenvalue weighted by molar-refractivity contribution is 0.0697. The lowest BCUT2D eigenvalue weighted by Crippen LogP contribution is -2.41. The second kappa shape index (κ2) is 6.53. The Morgan fingerprint density at radius 3 is 2.58 bits per heavy atom. The van der Waals surface area contributed by atoms with Gasteiger partial charge in [-0.3, -0.25) is 0 Å². The van der Waals surface area contributed by atoms with Crippen LogP contribution in [0.2, 0.25) is 0 Å². The second-order valence-electron chi connectivity index (χ2n) is 7.86. The molecule has 3 nitrogen and oxygen atoms in total. The number of aromatic carboxylic acids is 1. The first-order chi connectivity index (χ1) is 12.2. The summed E-state index contributed by atoms with van der Waals surface area (Å²) in [5, 5.41) is 9.59. The first-order valence-electron chi connectivity index (χ1n) is 9.00. The van der Waals surface area contributed by atoms with Gasteiger partial charge in [0.15, 0.2) is 0 Å². The van der Waals surface area contributed by atoms with E-state index in [-0.39, 0.29) is 11.0 Å². The Labute approximate surface area is 155 Å². The molecule has 2 aromatic carbocycles. The van der Waals surface area contributed by atoms with Gasteiger partial charge < -0.3 is 10.0 Å². The maximum absolute atomic E-state index is 11.7. The van der Waals surface area contributed by atoms with Gasteiger partial charge in [0.05, 0.1) is 5.56 Å². The molecule has 3 rings (SSSR count). The van der Waals surface area contributed by atoms with Gasteiger partial charge in [0.25, 0.3) is 0 Å². The van der Waals surface area contributed by atoms with E-state index in [2.05, 4.69) is 50.6 Å². The van der Waals surface area contributed by atoms with E-state index in [0.29, 0.717) is 17.2 Å². The summed E-state index contributed by atoms with van der Waals surface area (Å²) < 4.78 is 0. The number of rotatable bonds is 3. The normalized spacial score (nSPS) is 15.5. The van der Waals surface area contributed by atoms with Crippen LogP contribution in [0.1, 0.15) is 55.6 Å². The van der Waals surface area contributed by atoms with E-state index in [1.165, 1.54) is 11.3 Å². The van der Waals surface area contributed by atoms with Crippen molar-refractivity contribution in [2.24, 2.45) is 0 Å². The maximum atomic E-state index is 11.7. The number of terminal acetylenes is 1. The van der Waals surface area contributed by atoms with Gasteiger partial charge in [0, 0.05) is 23.8 Å². The van der Waals surface area contributed by atoms with Crippen LogP contribution < -0.4 is 4.90 Å². The summed E-state index contributed by atoms with van der Waals surface area (Å²) in [6.45, 7) is 9.94. The molecule has 0 atom stereocenters. The van der Waals surface area contributed by atoms with E-state index < -0.39 is 5.97 Å². The summed E-state index contributed by atoms with van der Waals surface area (Å²) in [6, 6.07) is 11.8. The van der Waals surface area contributed by atoms with Crippen molar-refractivity contribution in [1.29, 1.82) is 0 Å². The van der Waals surface area contributed by atoms with Crippen molar-refractivity contribution in [3.63, 3.8) is 0 Å². The smallest absolute Gasteiger partial charge is 0.336 e. The van der Waals surface area contributed by atoms with Crippen LogP contribution in [0.25, 0.3) is 11.1 Å². The monoisotopic (exact) mass is 347 g/mol. The van der Waals surface area contributed by atoms with E-state index in [9.17, 15) is 9.90 Å². The number of fused-ring (bicyclic) bond motifs is 1. The SMILES string of the molecule is C#Cc1ccc(C(=O)O)c(-c2ccc3c(c2)C(C)(C)CCN3C(C)C)c1. The summed E-state index contributed by atoms with van der Waals surface area (Å²) in [5.41, 5.74) is 5.08. The molecule has 2 aromatic rings.